The van der Waals surface area contributed by atoms with Crippen LogP contribution in [0.3, 0.4) is 0 Å². The molecule has 1 amide bonds. The molecule has 21 heavy (non-hydrogen) atoms. The number of nitrogens with one attached hydrogen (secondary N) is 1. The predicted molar refractivity (Wildman–Crippen MR) is 88.9 cm³/mol. The number of halogens is 2. The number of amides is 1. The summed E-state index contributed by atoms with van der Waals surface area (Å²) in [5.41, 5.74) is 6.10. The zero-order valence-corrected chi connectivity index (χ0v) is 13.5. The highest BCUT2D eigenvalue weighted by Gasteiger charge is 2.07. The lowest BCUT2D eigenvalue weighted by Gasteiger charge is -2.07. The number of benzene rings is 2. The molecule has 2 aromatic carbocycles. The zero-order chi connectivity index (χ0) is 15.2. The summed E-state index contributed by atoms with van der Waals surface area (Å²) in [4.78, 5) is 12.9. The molecule has 0 aliphatic carbocycles. The normalized spacial score (nSPS) is 10.4. The maximum absolute atomic E-state index is 13.5. The van der Waals surface area contributed by atoms with Crippen LogP contribution in [0.1, 0.15) is 6.42 Å². The van der Waals surface area contributed by atoms with Crippen molar-refractivity contribution >= 4 is 45.0 Å². The number of anilines is 2. The van der Waals surface area contributed by atoms with Crippen molar-refractivity contribution in [3.05, 3.63) is 52.8 Å². The number of hydrogen-bond acceptors (Lipinski definition) is 3. The molecule has 3 N–H and O–H groups in total. The topological polar surface area (TPSA) is 55.1 Å². The second-order valence-corrected chi connectivity index (χ2v) is 6.43. The first-order chi connectivity index (χ1) is 10.0. The zero-order valence-electron chi connectivity index (χ0n) is 11.1. The van der Waals surface area contributed by atoms with Gasteiger partial charge in [0.15, 0.2) is 0 Å². The molecular formula is C15H14BrFN2OS. The number of rotatable bonds is 5. The molecule has 2 rings (SSSR count). The Hall–Kier alpha value is -1.53. The summed E-state index contributed by atoms with van der Waals surface area (Å²) in [6.45, 7) is 0. The van der Waals surface area contributed by atoms with Crippen molar-refractivity contribution in [3.8, 4) is 0 Å². The van der Waals surface area contributed by atoms with E-state index in [0.29, 0.717) is 17.9 Å². The molecule has 110 valence electrons. The Morgan fingerprint density at radius 3 is 2.86 bits per heavy atom. The Kier molecular flexibility index (Phi) is 5.64. The molecule has 0 bridgehead atoms. The van der Waals surface area contributed by atoms with Crippen LogP contribution in [-0.4, -0.2) is 11.7 Å². The van der Waals surface area contributed by atoms with Crippen molar-refractivity contribution < 1.29 is 9.18 Å². The van der Waals surface area contributed by atoms with Gasteiger partial charge in [0, 0.05) is 27.2 Å². The van der Waals surface area contributed by atoms with Gasteiger partial charge >= 0.3 is 0 Å². The van der Waals surface area contributed by atoms with Crippen molar-refractivity contribution in [1.29, 1.82) is 0 Å². The summed E-state index contributed by atoms with van der Waals surface area (Å²) in [5.74, 6) is -0.106. The number of carbonyl (C=O) groups excluding carboxylic acids is 1. The Bertz CT molecular complexity index is 651. The van der Waals surface area contributed by atoms with Gasteiger partial charge in [-0.2, -0.15) is 0 Å². The smallest absolute Gasteiger partial charge is 0.225 e. The fourth-order valence-electron chi connectivity index (χ4n) is 1.67. The molecule has 0 unspecified atom stereocenters. The molecule has 0 atom stereocenters. The Labute approximate surface area is 135 Å². The van der Waals surface area contributed by atoms with Crippen LogP contribution in [0.25, 0.3) is 0 Å². The molecule has 3 nitrogen and oxygen atoms in total. The van der Waals surface area contributed by atoms with Crippen LogP contribution in [0.4, 0.5) is 15.8 Å². The number of nitrogen functional groups attached to an aromatic ring is 1. The highest BCUT2D eigenvalue weighted by Crippen LogP contribution is 2.23. The molecule has 0 saturated heterocycles. The van der Waals surface area contributed by atoms with Gasteiger partial charge in [-0.05, 0) is 36.4 Å². The van der Waals surface area contributed by atoms with E-state index in [0.717, 1.165) is 9.37 Å². The van der Waals surface area contributed by atoms with Gasteiger partial charge in [-0.25, -0.2) is 4.39 Å². The lowest BCUT2D eigenvalue weighted by Crippen LogP contribution is -2.13. The minimum atomic E-state index is -0.489. The van der Waals surface area contributed by atoms with Gasteiger partial charge in [0.1, 0.15) is 5.82 Å². The molecule has 6 heteroatoms. The van der Waals surface area contributed by atoms with E-state index in [1.54, 1.807) is 11.8 Å². The van der Waals surface area contributed by atoms with Crippen molar-refractivity contribution in [3.63, 3.8) is 0 Å². The largest absolute Gasteiger partial charge is 0.399 e. The Morgan fingerprint density at radius 1 is 1.29 bits per heavy atom. The van der Waals surface area contributed by atoms with Gasteiger partial charge in [-0.3, -0.25) is 4.79 Å². The Morgan fingerprint density at radius 2 is 2.10 bits per heavy atom. The highest BCUT2D eigenvalue weighted by atomic mass is 79.9. The first kappa shape index (κ1) is 15.9. The van der Waals surface area contributed by atoms with Gasteiger partial charge < -0.3 is 11.1 Å². The third-order valence-electron chi connectivity index (χ3n) is 2.66. The molecule has 0 saturated carbocycles. The van der Waals surface area contributed by atoms with Crippen LogP contribution in [0.5, 0.6) is 0 Å². The minimum Gasteiger partial charge on any atom is -0.399 e. The van der Waals surface area contributed by atoms with Gasteiger partial charge in [-0.1, -0.05) is 22.0 Å². The lowest BCUT2D eigenvalue weighted by molar-refractivity contribution is -0.115. The van der Waals surface area contributed by atoms with Crippen LogP contribution in [0, 0.1) is 5.82 Å². The van der Waals surface area contributed by atoms with E-state index < -0.39 is 5.82 Å². The summed E-state index contributed by atoms with van der Waals surface area (Å²) >= 11 is 4.97. The van der Waals surface area contributed by atoms with Crippen LogP contribution < -0.4 is 11.1 Å². The summed E-state index contributed by atoms with van der Waals surface area (Å²) in [6.07, 6.45) is 0.297. The maximum Gasteiger partial charge on any atom is 0.225 e. The quantitative estimate of drug-likeness (QED) is 0.611. The second kappa shape index (κ2) is 7.47. The third kappa shape index (κ3) is 5.06. The van der Waals surface area contributed by atoms with Crippen molar-refractivity contribution in [2.45, 2.75) is 11.3 Å². The SMILES string of the molecule is Nc1ccc(F)c(NC(=O)CCSc2cccc(Br)c2)c1. The third-order valence-corrected chi connectivity index (χ3v) is 4.15. The van der Waals surface area contributed by atoms with Crippen LogP contribution in [0.15, 0.2) is 51.8 Å². The maximum atomic E-state index is 13.5. The standard InChI is InChI=1S/C15H14BrFN2OS/c16-10-2-1-3-12(8-10)21-7-6-15(20)19-14-9-11(18)4-5-13(14)17/h1-5,8-9H,6-7,18H2,(H,19,20). The van der Waals surface area contributed by atoms with E-state index in [9.17, 15) is 9.18 Å². The van der Waals surface area contributed by atoms with E-state index in [4.69, 9.17) is 5.73 Å². The monoisotopic (exact) mass is 368 g/mol. The van der Waals surface area contributed by atoms with Gasteiger partial charge in [0.2, 0.25) is 5.91 Å². The molecular weight excluding hydrogens is 355 g/mol. The lowest BCUT2D eigenvalue weighted by atomic mass is 10.2. The van der Waals surface area contributed by atoms with Crippen LogP contribution >= 0.6 is 27.7 Å². The molecule has 0 aliphatic heterocycles. The molecule has 0 heterocycles. The predicted octanol–water partition coefficient (Wildman–Crippen LogP) is 4.29. The number of carbonyl (C=O) groups is 1. The summed E-state index contributed by atoms with van der Waals surface area (Å²) in [6, 6.07) is 11.9. The van der Waals surface area contributed by atoms with Crippen molar-refractivity contribution in [1.82, 2.24) is 0 Å². The summed E-state index contributed by atoms with van der Waals surface area (Å²) in [5, 5.41) is 2.53. The van der Waals surface area contributed by atoms with Crippen molar-refractivity contribution in [2.75, 3.05) is 16.8 Å². The van der Waals surface area contributed by atoms with E-state index in [1.807, 2.05) is 24.3 Å². The first-order valence-corrected chi connectivity index (χ1v) is 8.06. The van der Waals surface area contributed by atoms with Crippen molar-refractivity contribution in [2.24, 2.45) is 0 Å². The van der Waals surface area contributed by atoms with E-state index in [2.05, 4.69) is 21.2 Å². The average Bonchev–Trinajstić information content (AvgIpc) is 2.43. The fraction of sp³-hybridized carbons (Fsp3) is 0.133. The molecule has 2 aromatic rings. The van der Waals surface area contributed by atoms with E-state index in [-0.39, 0.29) is 11.6 Å². The van der Waals surface area contributed by atoms with Gasteiger partial charge in [0.25, 0.3) is 0 Å². The molecule has 0 spiro atoms. The number of nitrogens with two attached hydrogens (primary N) is 1. The minimum absolute atomic E-state index is 0.118. The molecule has 0 aromatic heterocycles. The molecule has 0 radical (unpaired) electrons. The molecule has 0 aliphatic rings. The number of hydrogen-bond donors (Lipinski definition) is 2. The van der Waals surface area contributed by atoms with Gasteiger partial charge in [-0.15, -0.1) is 11.8 Å². The Balaban J connectivity index is 1.84. The second-order valence-electron chi connectivity index (χ2n) is 4.34. The average molecular weight is 369 g/mol. The highest BCUT2D eigenvalue weighted by molar-refractivity contribution is 9.10. The van der Waals surface area contributed by atoms with E-state index >= 15 is 0 Å². The van der Waals surface area contributed by atoms with Crippen LogP contribution in [0.2, 0.25) is 0 Å². The van der Waals surface area contributed by atoms with Gasteiger partial charge in [0.05, 0.1) is 5.69 Å². The van der Waals surface area contributed by atoms with Crippen LogP contribution in [-0.2, 0) is 4.79 Å². The first-order valence-electron chi connectivity index (χ1n) is 6.28. The summed E-state index contributed by atoms with van der Waals surface area (Å²) in [7, 11) is 0. The van der Waals surface area contributed by atoms with E-state index in [1.165, 1.54) is 18.2 Å². The molecule has 0 fully saturated rings. The summed E-state index contributed by atoms with van der Waals surface area (Å²) < 4.78 is 14.5. The fourth-order valence-corrected chi connectivity index (χ4v) is 3.13. The number of thioether (sulfide) groups is 1.